The lowest BCUT2D eigenvalue weighted by Gasteiger charge is -2.28. The van der Waals surface area contributed by atoms with E-state index >= 15 is 0 Å². The molecular weight excluding hydrogens is 476 g/mol. The molecule has 1 heterocycles. The number of hydrogen-bond acceptors (Lipinski definition) is 5. The number of carbonyl (C=O) groups excluding carboxylic acids is 1. The number of urea groups is 1. The zero-order valence-corrected chi connectivity index (χ0v) is 22.0. The number of hydrazone groups is 1. The Bertz CT molecular complexity index is 1340. The van der Waals surface area contributed by atoms with Crippen LogP contribution in [0.3, 0.4) is 0 Å². The summed E-state index contributed by atoms with van der Waals surface area (Å²) in [6, 6.07) is 20.0. The second-order valence-corrected chi connectivity index (χ2v) is 11.3. The van der Waals surface area contributed by atoms with E-state index in [-0.39, 0.29) is 12.1 Å². The number of benzene rings is 3. The third kappa shape index (κ3) is 5.27. The maximum absolute atomic E-state index is 13.5. The minimum atomic E-state index is -2.71. The molecule has 8 nitrogen and oxygen atoms in total. The van der Waals surface area contributed by atoms with Crippen molar-refractivity contribution < 1.29 is 18.8 Å². The van der Waals surface area contributed by atoms with Gasteiger partial charge in [-0.15, -0.1) is 0 Å². The molecule has 0 saturated carbocycles. The number of thiol groups is 1. The average molecular weight is 509 g/mol. The summed E-state index contributed by atoms with van der Waals surface area (Å²) >= 11 is 0. The molecule has 0 aromatic heterocycles. The lowest BCUT2D eigenvalue weighted by molar-refractivity contribution is 0.190. The highest BCUT2D eigenvalue weighted by Crippen LogP contribution is 2.33. The predicted octanol–water partition coefficient (Wildman–Crippen LogP) is 5.40. The number of methoxy groups -OCH3 is 2. The summed E-state index contributed by atoms with van der Waals surface area (Å²) in [6.45, 7) is 1.96. The van der Waals surface area contributed by atoms with Crippen molar-refractivity contribution in [3.63, 3.8) is 0 Å². The summed E-state index contributed by atoms with van der Waals surface area (Å²) in [5.74, 6) is 1.26. The molecule has 0 spiro atoms. The van der Waals surface area contributed by atoms with Gasteiger partial charge >= 0.3 is 6.03 Å². The first-order valence-corrected chi connectivity index (χ1v) is 13.7. The van der Waals surface area contributed by atoms with Gasteiger partial charge in [0.05, 0.1) is 32.2 Å². The first-order chi connectivity index (χ1) is 17.2. The number of ether oxygens (including phenoxy) is 2. The van der Waals surface area contributed by atoms with Gasteiger partial charge in [0.1, 0.15) is 0 Å². The molecule has 2 amide bonds. The number of nitrogens with zero attached hydrogens (tertiary/aromatic N) is 4. The zero-order valence-electron chi connectivity index (χ0n) is 21.1. The van der Waals surface area contributed by atoms with E-state index in [1.54, 1.807) is 44.7 Å². The number of anilines is 1. The first kappa shape index (κ1) is 25.4. The molecule has 1 N–H and O–H groups in total. The van der Waals surface area contributed by atoms with Gasteiger partial charge in [-0.25, -0.2) is 14.2 Å². The second-order valence-electron chi connectivity index (χ2n) is 8.76. The second kappa shape index (κ2) is 10.5. The first-order valence-electron chi connectivity index (χ1n) is 11.6. The lowest BCUT2D eigenvalue weighted by Crippen LogP contribution is -2.43. The standard InChI is InChI=1S/C27H32N4O4S/c1-19-14-20-15-25(34-3)26(35-4)16-21(20)18-28-31(19)27(32)30(2)23-11-9-10-22(17-23)29-36(5,33)24-12-7-6-8-13-24/h6-13,15-19,36H,14H2,1-5H3,(H,29,33)/t19-/m0/s1. The van der Waals surface area contributed by atoms with Gasteiger partial charge < -0.3 is 14.0 Å². The molecule has 1 aliphatic rings. The van der Waals surface area contributed by atoms with Crippen molar-refractivity contribution in [2.24, 2.45) is 9.46 Å². The van der Waals surface area contributed by atoms with Crippen LogP contribution >= 0.6 is 0 Å². The molecule has 0 radical (unpaired) electrons. The Morgan fingerprint density at radius 2 is 1.78 bits per heavy atom. The number of amides is 2. The fraction of sp³-hybridized carbons (Fsp3) is 0.259. The Morgan fingerprint density at radius 3 is 2.47 bits per heavy atom. The molecule has 1 aliphatic heterocycles. The molecule has 4 rings (SSSR count). The van der Waals surface area contributed by atoms with Gasteiger partial charge in [-0.05, 0) is 67.6 Å². The fourth-order valence-corrected chi connectivity index (χ4v) is 5.56. The van der Waals surface area contributed by atoms with Crippen LogP contribution in [-0.2, 0) is 16.5 Å². The highest BCUT2D eigenvalue weighted by Gasteiger charge is 2.27. The van der Waals surface area contributed by atoms with Crippen LogP contribution in [0.2, 0.25) is 0 Å². The normalized spacial score (nSPS) is 15.5. The molecule has 0 unspecified atom stereocenters. The van der Waals surface area contributed by atoms with Gasteiger partial charge in [-0.2, -0.15) is 5.10 Å². The van der Waals surface area contributed by atoms with Crippen molar-refractivity contribution in [1.29, 1.82) is 0 Å². The number of fused-ring (bicyclic) bond motifs is 1. The number of hydrogen-bond donors (Lipinski definition) is 2. The van der Waals surface area contributed by atoms with Crippen LogP contribution < -0.4 is 14.4 Å². The van der Waals surface area contributed by atoms with Crippen LogP contribution in [-0.4, -0.2) is 55.4 Å². The van der Waals surface area contributed by atoms with E-state index in [0.717, 1.165) is 16.0 Å². The SMILES string of the molecule is COc1cc2c(cc1OC)C[C@H](C)N(C(=O)N(C)c1cccc(N=[SH](C)(O)c3ccccc3)c1)N=C2. The summed E-state index contributed by atoms with van der Waals surface area (Å²) < 4.78 is 26.5. The third-order valence-corrected chi connectivity index (χ3v) is 8.05. The summed E-state index contributed by atoms with van der Waals surface area (Å²) in [4.78, 5) is 15.8. The van der Waals surface area contributed by atoms with Gasteiger partial charge in [-0.3, -0.25) is 4.90 Å². The molecule has 3 aromatic rings. The van der Waals surface area contributed by atoms with E-state index in [4.69, 9.17) is 9.47 Å². The van der Waals surface area contributed by atoms with Gasteiger partial charge in [0.15, 0.2) is 11.5 Å². The molecule has 190 valence electrons. The topological polar surface area (TPSA) is 87.0 Å². The average Bonchev–Trinajstić information content (AvgIpc) is 3.04. The Kier molecular flexibility index (Phi) is 7.42. The van der Waals surface area contributed by atoms with Crippen molar-refractivity contribution in [3.8, 4) is 11.5 Å². The maximum atomic E-state index is 13.5. The monoisotopic (exact) mass is 508 g/mol. The maximum Gasteiger partial charge on any atom is 0.344 e. The molecule has 0 saturated heterocycles. The highest BCUT2D eigenvalue weighted by atomic mass is 32.3. The lowest BCUT2D eigenvalue weighted by atomic mass is 10.0. The van der Waals surface area contributed by atoms with E-state index in [9.17, 15) is 9.35 Å². The summed E-state index contributed by atoms with van der Waals surface area (Å²) in [5.41, 5.74) is 3.16. The molecule has 9 heteroatoms. The third-order valence-electron chi connectivity index (χ3n) is 6.15. The van der Waals surface area contributed by atoms with E-state index in [1.807, 2.05) is 67.6 Å². The van der Waals surface area contributed by atoms with Gasteiger partial charge in [0, 0.05) is 23.2 Å². The Labute approximate surface area is 213 Å². The molecule has 0 aliphatic carbocycles. The summed E-state index contributed by atoms with van der Waals surface area (Å²) in [6.07, 6.45) is 4.04. The Hall–Kier alpha value is -3.69. The summed E-state index contributed by atoms with van der Waals surface area (Å²) in [5, 5.41) is 5.99. The largest absolute Gasteiger partial charge is 0.493 e. The fourth-order valence-electron chi connectivity index (χ4n) is 4.14. The van der Waals surface area contributed by atoms with Crippen LogP contribution in [0.5, 0.6) is 11.5 Å². The van der Waals surface area contributed by atoms with Gasteiger partial charge in [-0.1, -0.05) is 34.4 Å². The predicted molar refractivity (Wildman–Crippen MR) is 146 cm³/mol. The molecule has 36 heavy (non-hydrogen) atoms. The van der Waals surface area contributed by atoms with Crippen molar-refractivity contribution in [2.75, 3.05) is 32.4 Å². The van der Waals surface area contributed by atoms with Crippen LogP contribution in [0, 0.1) is 0 Å². The summed E-state index contributed by atoms with van der Waals surface area (Å²) in [7, 11) is 2.19. The van der Waals surface area contributed by atoms with E-state index in [1.165, 1.54) is 5.01 Å². The van der Waals surface area contributed by atoms with Crippen LogP contribution in [0.1, 0.15) is 18.1 Å². The molecule has 3 aromatic carbocycles. The van der Waals surface area contributed by atoms with Crippen molar-refractivity contribution in [2.45, 2.75) is 24.3 Å². The Balaban J connectivity index is 1.59. The molecule has 1 atom stereocenters. The minimum absolute atomic E-state index is 0.187. The van der Waals surface area contributed by atoms with Crippen molar-refractivity contribution >= 4 is 33.7 Å². The number of rotatable bonds is 5. The van der Waals surface area contributed by atoms with Gasteiger partial charge in [0.2, 0.25) is 0 Å². The van der Waals surface area contributed by atoms with Crippen LogP contribution in [0.25, 0.3) is 0 Å². The Morgan fingerprint density at radius 1 is 1.08 bits per heavy atom. The van der Waals surface area contributed by atoms with Crippen molar-refractivity contribution in [1.82, 2.24) is 5.01 Å². The van der Waals surface area contributed by atoms with E-state index < -0.39 is 10.1 Å². The molecule has 0 fully saturated rings. The van der Waals surface area contributed by atoms with E-state index in [2.05, 4.69) is 9.46 Å². The molecular formula is C27H32N4O4S. The van der Waals surface area contributed by atoms with Gasteiger partial charge in [0.25, 0.3) is 0 Å². The quantitative estimate of drug-likeness (QED) is 0.452. The minimum Gasteiger partial charge on any atom is -0.493 e. The molecule has 0 bridgehead atoms. The smallest absolute Gasteiger partial charge is 0.344 e. The van der Waals surface area contributed by atoms with E-state index in [0.29, 0.717) is 29.3 Å². The number of carbonyl (C=O) groups is 1. The highest BCUT2D eigenvalue weighted by molar-refractivity contribution is 7.99. The van der Waals surface area contributed by atoms with Crippen LogP contribution in [0.4, 0.5) is 16.2 Å². The van der Waals surface area contributed by atoms with Crippen LogP contribution in [0.15, 0.2) is 81.1 Å². The van der Waals surface area contributed by atoms with Crippen molar-refractivity contribution in [3.05, 3.63) is 77.9 Å². The zero-order chi connectivity index (χ0) is 25.9.